The summed E-state index contributed by atoms with van der Waals surface area (Å²) >= 11 is 0. The van der Waals surface area contributed by atoms with Crippen molar-refractivity contribution in [2.75, 3.05) is 20.7 Å². The Kier molecular flexibility index (Phi) is 5.20. The van der Waals surface area contributed by atoms with E-state index >= 15 is 0 Å². The summed E-state index contributed by atoms with van der Waals surface area (Å²) in [4.78, 5) is 14.2. The van der Waals surface area contributed by atoms with Crippen molar-refractivity contribution in [1.82, 2.24) is 10.2 Å². The number of likely N-dealkylation sites (N-methyl/N-ethyl adjacent to an activating group) is 1. The fraction of sp³-hybridized carbons (Fsp3) is 0.562. The summed E-state index contributed by atoms with van der Waals surface area (Å²) in [5, 5.41) is 12.6. The number of amides is 1. The van der Waals surface area contributed by atoms with Gasteiger partial charge in [0.2, 0.25) is 5.91 Å². The van der Waals surface area contributed by atoms with Crippen LogP contribution in [0.2, 0.25) is 0 Å². The van der Waals surface area contributed by atoms with Gasteiger partial charge in [-0.25, -0.2) is 0 Å². The molecule has 116 valence electrons. The highest BCUT2D eigenvalue weighted by atomic mass is 16.5. The molecular formula is C16H24N2O3. The van der Waals surface area contributed by atoms with Crippen LogP contribution in [-0.2, 0) is 11.2 Å². The number of rotatable bonds is 5. The molecule has 3 unspecified atom stereocenters. The quantitative estimate of drug-likeness (QED) is 0.843. The summed E-state index contributed by atoms with van der Waals surface area (Å²) in [5.74, 6) is 0.883. The van der Waals surface area contributed by atoms with E-state index in [-0.39, 0.29) is 18.0 Å². The van der Waals surface area contributed by atoms with Crippen molar-refractivity contribution in [2.45, 2.75) is 38.0 Å². The van der Waals surface area contributed by atoms with Crippen LogP contribution in [0.15, 0.2) is 24.3 Å². The van der Waals surface area contributed by atoms with Crippen LogP contribution in [0.25, 0.3) is 0 Å². The molecule has 1 aliphatic heterocycles. The predicted octanol–water partition coefficient (Wildman–Crippen LogP) is 0.807. The second-order valence-electron chi connectivity index (χ2n) is 5.66. The lowest BCUT2D eigenvalue weighted by molar-refractivity contribution is -0.133. The third kappa shape index (κ3) is 3.74. The molecule has 3 atom stereocenters. The van der Waals surface area contributed by atoms with Crippen molar-refractivity contribution in [1.29, 1.82) is 0 Å². The molecule has 0 aliphatic carbocycles. The topological polar surface area (TPSA) is 61.8 Å². The van der Waals surface area contributed by atoms with Gasteiger partial charge in [0, 0.05) is 19.6 Å². The molecular weight excluding hydrogens is 268 g/mol. The van der Waals surface area contributed by atoms with Crippen molar-refractivity contribution >= 4 is 5.91 Å². The van der Waals surface area contributed by atoms with E-state index in [2.05, 4.69) is 5.32 Å². The smallest absolute Gasteiger partial charge is 0.239 e. The molecule has 5 nitrogen and oxygen atoms in total. The van der Waals surface area contributed by atoms with E-state index < -0.39 is 6.10 Å². The maximum absolute atomic E-state index is 12.4. The highest BCUT2D eigenvalue weighted by molar-refractivity contribution is 5.82. The van der Waals surface area contributed by atoms with Crippen molar-refractivity contribution in [3.63, 3.8) is 0 Å². The first-order valence-electron chi connectivity index (χ1n) is 7.33. The number of nitrogens with one attached hydrogen (secondary N) is 1. The zero-order chi connectivity index (χ0) is 15.4. The molecule has 2 N–H and O–H groups in total. The molecule has 1 fully saturated rings. The number of carbonyl (C=O) groups is 1. The lowest BCUT2D eigenvalue weighted by Gasteiger charge is -2.28. The number of methoxy groups -OCH3 is 1. The second-order valence-corrected chi connectivity index (χ2v) is 5.66. The molecule has 0 aromatic heterocycles. The van der Waals surface area contributed by atoms with E-state index in [1.165, 1.54) is 0 Å². The zero-order valence-corrected chi connectivity index (χ0v) is 12.9. The Balaban J connectivity index is 1.99. The number of para-hydroxylation sites is 1. The highest BCUT2D eigenvalue weighted by Gasteiger charge is 2.31. The van der Waals surface area contributed by atoms with Crippen LogP contribution in [0.3, 0.4) is 0 Å². The Morgan fingerprint density at radius 1 is 1.52 bits per heavy atom. The first-order valence-corrected chi connectivity index (χ1v) is 7.33. The van der Waals surface area contributed by atoms with Crippen LogP contribution in [0.5, 0.6) is 5.75 Å². The van der Waals surface area contributed by atoms with Crippen LogP contribution < -0.4 is 10.1 Å². The van der Waals surface area contributed by atoms with E-state index in [9.17, 15) is 9.90 Å². The van der Waals surface area contributed by atoms with E-state index in [0.29, 0.717) is 13.0 Å². The Bertz CT molecular complexity index is 492. The van der Waals surface area contributed by atoms with E-state index in [4.69, 9.17) is 4.74 Å². The van der Waals surface area contributed by atoms with Gasteiger partial charge in [0.1, 0.15) is 5.75 Å². The van der Waals surface area contributed by atoms with Crippen LogP contribution in [0.1, 0.15) is 18.9 Å². The second kappa shape index (κ2) is 6.91. The third-order valence-corrected chi connectivity index (χ3v) is 4.12. The molecule has 2 rings (SSSR count). The Labute approximate surface area is 125 Å². The Morgan fingerprint density at radius 3 is 2.86 bits per heavy atom. The van der Waals surface area contributed by atoms with Crippen LogP contribution in [-0.4, -0.2) is 54.8 Å². The van der Waals surface area contributed by atoms with E-state index in [1.807, 2.05) is 38.2 Å². The van der Waals surface area contributed by atoms with Gasteiger partial charge in [0.25, 0.3) is 0 Å². The molecule has 0 saturated carbocycles. The summed E-state index contributed by atoms with van der Waals surface area (Å²) in [6.07, 6.45) is 0.809. The van der Waals surface area contributed by atoms with E-state index in [0.717, 1.165) is 17.7 Å². The summed E-state index contributed by atoms with van der Waals surface area (Å²) in [5.41, 5.74) is 1.09. The normalized spacial score (nSPS) is 22.9. The van der Waals surface area contributed by atoms with Gasteiger partial charge in [-0.05, 0) is 31.4 Å². The maximum Gasteiger partial charge on any atom is 0.239 e. The molecule has 5 heteroatoms. The van der Waals surface area contributed by atoms with Gasteiger partial charge >= 0.3 is 0 Å². The molecule has 0 spiro atoms. The van der Waals surface area contributed by atoms with Gasteiger partial charge < -0.3 is 20.1 Å². The molecule has 1 aromatic rings. The van der Waals surface area contributed by atoms with Gasteiger partial charge in [0.05, 0.1) is 19.3 Å². The van der Waals surface area contributed by atoms with Crippen LogP contribution in [0.4, 0.5) is 0 Å². The molecule has 0 radical (unpaired) electrons. The number of ether oxygens (including phenoxy) is 1. The van der Waals surface area contributed by atoms with Crippen LogP contribution in [0, 0.1) is 0 Å². The number of β-amino-alcohol motifs (C(OH)–C–C–N with tert-alkyl or cyclic N) is 1. The lowest BCUT2D eigenvalue weighted by atomic mass is 10.0. The Hall–Kier alpha value is -1.59. The number of hydrogen-bond acceptors (Lipinski definition) is 4. The standard InChI is InChI=1S/C16H24N2O3/c1-11(8-12-6-4-5-7-15(12)21-3)18(2)16(20)14-9-13(19)10-17-14/h4-7,11,13-14,17,19H,8-10H2,1-3H3. The monoisotopic (exact) mass is 292 g/mol. The number of carbonyl (C=O) groups excluding carboxylic acids is 1. The van der Waals surface area contributed by atoms with E-state index in [1.54, 1.807) is 12.0 Å². The summed E-state index contributed by atoms with van der Waals surface area (Å²) in [6.45, 7) is 2.51. The minimum Gasteiger partial charge on any atom is -0.496 e. The van der Waals surface area contributed by atoms with Crippen molar-refractivity contribution < 1.29 is 14.6 Å². The molecule has 0 bridgehead atoms. The van der Waals surface area contributed by atoms with Gasteiger partial charge in [-0.3, -0.25) is 4.79 Å². The number of hydrogen-bond donors (Lipinski definition) is 2. The molecule has 1 aliphatic rings. The molecule has 1 aromatic carbocycles. The largest absolute Gasteiger partial charge is 0.496 e. The van der Waals surface area contributed by atoms with Gasteiger partial charge in [-0.15, -0.1) is 0 Å². The van der Waals surface area contributed by atoms with Crippen LogP contribution >= 0.6 is 0 Å². The molecule has 1 saturated heterocycles. The van der Waals surface area contributed by atoms with Gasteiger partial charge in [-0.1, -0.05) is 18.2 Å². The first kappa shape index (κ1) is 15.8. The molecule has 21 heavy (non-hydrogen) atoms. The molecule has 1 amide bonds. The van der Waals surface area contributed by atoms with Crippen molar-refractivity contribution in [3.05, 3.63) is 29.8 Å². The fourth-order valence-corrected chi connectivity index (χ4v) is 2.69. The lowest BCUT2D eigenvalue weighted by Crippen LogP contribution is -2.46. The summed E-state index contributed by atoms with van der Waals surface area (Å²) < 4.78 is 5.35. The van der Waals surface area contributed by atoms with Crippen molar-refractivity contribution in [3.8, 4) is 5.75 Å². The Morgan fingerprint density at radius 2 is 2.24 bits per heavy atom. The number of benzene rings is 1. The van der Waals surface area contributed by atoms with Crippen molar-refractivity contribution in [2.24, 2.45) is 0 Å². The number of nitrogens with zero attached hydrogens (tertiary/aromatic N) is 1. The minimum absolute atomic E-state index is 0.0361. The summed E-state index contributed by atoms with van der Waals surface area (Å²) in [6, 6.07) is 7.65. The van der Waals surface area contributed by atoms with Gasteiger partial charge in [0.15, 0.2) is 0 Å². The zero-order valence-electron chi connectivity index (χ0n) is 12.9. The average molecular weight is 292 g/mol. The minimum atomic E-state index is -0.420. The fourth-order valence-electron chi connectivity index (χ4n) is 2.69. The predicted molar refractivity (Wildman–Crippen MR) is 81.3 cm³/mol. The average Bonchev–Trinajstić information content (AvgIpc) is 2.92. The summed E-state index contributed by atoms with van der Waals surface area (Å²) in [7, 11) is 3.47. The highest BCUT2D eigenvalue weighted by Crippen LogP contribution is 2.21. The van der Waals surface area contributed by atoms with Gasteiger partial charge in [-0.2, -0.15) is 0 Å². The maximum atomic E-state index is 12.4. The SMILES string of the molecule is COc1ccccc1CC(C)N(C)C(=O)C1CC(O)CN1. The third-order valence-electron chi connectivity index (χ3n) is 4.12. The first-order chi connectivity index (χ1) is 10.0. The number of aliphatic hydroxyl groups is 1. The number of aliphatic hydroxyl groups excluding tert-OH is 1. The molecule has 1 heterocycles.